The van der Waals surface area contributed by atoms with Crippen LogP contribution in [0, 0.1) is 6.92 Å². The third kappa shape index (κ3) is 3.19. The van der Waals surface area contributed by atoms with Gasteiger partial charge in [-0.3, -0.25) is 0 Å². The second-order valence-electron chi connectivity index (χ2n) is 10.1. The average molecular weight is 425 g/mol. The molecule has 0 bridgehead atoms. The van der Waals surface area contributed by atoms with Gasteiger partial charge >= 0.3 is 0 Å². The maximum Gasteiger partial charge on any atom is 0.250 e. The lowest BCUT2D eigenvalue weighted by Gasteiger charge is -2.37. The lowest BCUT2D eigenvalue weighted by molar-refractivity contribution is -0.107. The van der Waals surface area contributed by atoms with Gasteiger partial charge in [0.1, 0.15) is 6.29 Å². The number of benzene rings is 2. The van der Waals surface area contributed by atoms with Crippen molar-refractivity contribution in [2.75, 3.05) is 0 Å². The molecule has 2 aromatic carbocycles. The van der Waals surface area contributed by atoms with Gasteiger partial charge < -0.3 is 18.7 Å². The Morgan fingerprint density at radius 3 is 2.67 bits per heavy atom. The van der Waals surface area contributed by atoms with Crippen molar-refractivity contribution in [2.45, 2.75) is 77.6 Å². The van der Waals surface area contributed by atoms with Gasteiger partial charge in [-0.15, -0.1) is 0 Å². The minimum absolute atomic E-state index is 0.0426. The summed E-state index contributed by atoms with van der Waals surface area (Å²) in [5, 5.41) is 13.8. The largest absolute Gasteiger partial charge is 0.541 e. The molecule has 4 nitrogen and oxygen atoms in total. The normalized spacial score (nSPS) is 17.0. The Bertz CT molecular complexity index is 1130. The Labute approximate surface area is 179 Å². The summed E-state index contributed by atoms with van der Waals surface area (Å²) in [7, 11) is -2.14. The van der Waals surface area contributed by atoms with Crippen molar-refractivity contribution in [3.8, 4) is 5.75 Å². The van der Waals surface area contributed by atoms with Gasteiger partial charge in [0.2, 0.25) is 0 Å². The van der Waals surface area contributed by atoms with Crippen LogP contribution in [0.5, 0.6) is 5.75 Å². The summed E-state index contributed by atoms with van der Waals surface area (Å²) < 4.78 is 13.1. The molecular formula is C25H32O4Si. The van der Waals surface area contributed by atoms with Crippen LogP contribution in [0.4, 0.5) is 0 Å². The summed E-state index contributed by atoms with van der Waals surface area (Å²) in [5.74, 6) is 0.820. The van der Waals surface area contributed by atoms with E-state index in [0.29, 0.717) is 12.8 Å². The van der Waals surface area contributed by atoms with E-state index in [2.05, 4.69) is 52.9 Å². The van der Waals surface area contributed by atoms with Crippen LogP contribution in [-0.4, -0.2) is 19.7 Å². The van der Waals surface area contributed by atoms with E-state index in [4.69, 9.17) is 8.84 Å². The highest BCUT2D eigenvalue weighted by molar-refractivity contribution is 6.75. The molecule has 0 saturated heterocycles. The first kappa shape index (κ1) is 21.1. The molecule has 1 atom stereocenters. The third-order valence-electron chi connectivity index (χ3n) is 7.15. The number of furan rings is 1. The Hall–Kier alpha value is -2.11. The fourth-order valence-corrected chi connectivity index (χ4v) is 5.39. The van der Waals surface area contributed by atoms with E-state index < -0.39 is 14.4 Å². The van der Waals surface area contributed by atoms with Crippen LogP contribution in [0.15, 0.2) is 22.8 Å². The molecule has 0 amide bonds. The Morgan fingerprint density at radius 2 is 2.00 bits per heavy atom. The SMILES string of the molecule is Cc1c2ccc3c(c2c(O[Si](C)(C)C(C)(C)C)c2occ(CCC=O)c12)CCC3O. The molecule has 0 spiro atoms. The second-order valence-corrected chi connectivity index (χ2v) is 14.8. The molecular weight excluding hydrogens is 392 g/mol. The van der Waals surface area contributed by atoms with Gasteiger partial charge in [0.25, 0.3) is 8.32 Å². The lowest BCUT2D eigenvalue weighted by atomic mass is 9.93. The van der Waals surface area contributed by atoms with Crippen LogP contribution in [0.1, 0.15) is 62.0 Å². The molecule has 0 radical (unpaired) electrons. The summed E-state index contributed by atoms with van der Waals surface area (Å²) in [6, 6.07) is 4.18. The van der Waals surface area contributed by atoms with Crippen LogP contribution < -0.4 is 4.43 Å². The lowest BCUT2D eigenvalue weighted by Crippen LogP contribution is -2.44. The maximum atomic E-state index is 11.0. The molecule has 0 fully saturated rings. The summed E-state index contributed by atoms with van der Waals surface area (Å²) in [6.07, 6.45) is 5.04. The number of rotatable bonds is 5. The minimum atomic E-state index is -2.14. The van der Waals surface area contributed by atoms with Crippen molar-refractivity contribution in [3.05, 3.63) is 40.6 Å². The van der Waals surface area contributed by atoms with E-state index in [-0.39, 0.29) is 5.04 Å². The van der Waals surface area contributed by atoms with E-state index >= 15 is 0 Å². The van der Waals surface area contributed by atoms with E-state index in [1.165, 1.54) is 5.56 Å². The fourth-order valence-electron chi connectivity index (χ4n) is 4.38. The highest BCUT2D eigenvalue weighted by atomic mass is 28.4. The first-order valence-corrected chi connectivity index (χ1v) is 13.8. The van der Waals surface area contributed by atoms with Gasteiger partial charge in [0.15, 0.2) is 11.3 Å². The summed E-state index contributed by atoms with van der Waals surface area (Å²) in [4.78, 5) is 11.0. The number of aliphatic hydroxyl groups is 1. The van der Waals surface area contributed by atoms with Gasteiger partial charge in [0.05, 0.1) is 12.4 Å². The molecule has 3 aromatic rings. The predicted octanol–water partition coefficient (Wildman–Crippen LogP) is 6.39. The molecule has 0 aliphatic heterocycles. The zero-order chi connectivity index (χ0) is 21.8. The molecule has 5 heteroatoms. The molecule has 4 rings (SSSR count). The van der Waals surface area contributed by atoms with Gasteiger partial charge in [-0.05, 0) is 72.0 Å². The first-order valence-electron chi connectivity index (χ1n) is 10.9. The molecule has 1 N–H and O–H groups in total. The van der Waals surface area contributed by atoms with Gasteiger partial charge in [-0.2, -0.15) is 0 Å². The van der Waals surface area contributed by atoms with Crippen molar-refractivity contribution in [1.82, 2.24) is 0 Å². The number of aryl methyl sites for hydroxylation is 3. The average Bonchev–Trinajstić information content (AvgIpc) is 3.26. The molecule has 1 aliphatic rings. The molecule has 1 heterocycles. The summed E-state index contributed by atoms with van der Waals surface area (Å²) >= 11 is 0. The van der Waals surface area contributed by atoms with E-state index in [1.54, 1.807) is 6.26 Å². The molecule has 1 unspecified atom stereocenters. The number of aldehydes is 1. The minimum Gasteiger partial charge on any atom is -0.541 e. The zero-order valence-electron chi connectivity index (χ0n) is 18.9. The molecule has 0 saturated carbocycles. The van der Waals surface area contributed by atoms with Crippen LogP contribution in [0.25, 0.3) is 21.7 Å². The van der Waals surface area contributed by atoms with E-state index in [1.807, 2.05) is 0 Å². The van der Waals surface area contributed by atoms with Crippen LogP contribution >= 0.6 is 0 Å². The van der Waals surface area contributed by atoms with Crippen LogP contribution in [0.3, 0.4) is 0 Å². The Balaban J connectivity index is 2.07. The highest BCUT2D eigenvalue weighted by Gasteiger charge is 2.40. The number of hydrogen-bond acceptors (Lipinski definition) is 4. The first-order chi connectivity index (χ1) is 14.1. The number of carbonyl (C=O) groups is 1. The Morgan fingerprint density at radius 1 is 1.27 bits per heavy atom. The number of hydrogen-bond donors (Lipinski definition) is 1. The van der Waals surface area contributed by atoms with Crippen molar-refractivity contribution in [1.29, 1.82) is 0 Å². The highest BCUT2D eigenvalue weighted by Crippen LogP contribution is 2.49. The maximum absolute atomic E-state index is 11.0. The molecule has 160 valence electrons. The summed E-state index contributed by atoms with van der Waals surface area (Å²) in [6.45, 7) is 13.3. The van der Waals surface area contributed by atoms with Crippen molar-refractivity contribution in [2.24, 2.45) is 0 Å². The smallest absolute Gasteiger partial charge is 0.250 e. The second kappa shape index (κ2) is 7.24. The summed E-state index contributed by atoms with van der Waals surface area (Å²) in [5.41, 5.74) is 5.18. The van der Waals surface area contributed by atoms with Gasteiger partial charge in [-0.1, -0.05) is 32.9 Å². The Kier molecular flexibility index (Phi) is 5.10. The topological polar surface area (TPSA) is 59.7 Å². The van der Waals surface area contributed by atoms with Gasteiger partial charge in [0, 0.05) is 17.2 Å². The van der Waals surface area contributed by atoms with E-state index in [9.17, 15) is 9.90 Å². The quantitative estimate of drug-likeness (QED) is 0.381. The van der Waals surface area contributed by atoms with Crippen LogP contribution in [0.2, 0.25) is 18.1 Å². The van der Waals surface area contributed by atoms with Crippen molar-refractivity contribution >= 4 is 36.3 Å². The number of aliphatic hydroxyl groups excluding tert-OH is 1. The number of fused-ring (bicyclic) bond motifs is 4. The zero-order valence-corrected chi connectivity index (χ0v) is 19.9. The van der Waals surface area contributed by atoms with Crippen molar-refractivity contribution < 1.29 is 18.7 Å². The standard InChI is InChI=1S/C25H32O4Si/c1-15-17-9-10-18-19(11-12-20(18)27)22(17)24(29-30(5,6)25(2,3)4)23-21(15)16(14-28-23)8-7-13-26/h9-10,13-14,20,27H,7-8,11-12H2,1-6H3. The number of carbonyl (C=O) groups excluding carboxylic acids is 1. The fraction of sp³-hybridized carbons (Fsp3) is 0.480. The third-order valence-corrected chi connectivity index (χ3v) is 11.5. The molecule has 1 aromatic heterocycles. The van der Waals surface area contributed by atoms with E-state index in [0.717, 1.165) is 63.3 Å². The van der Waals surface area contributed by atoms with Gasteiger partial charge in [-0.25, -0.2) is 0 Å². The van der Waals surface area contributed by atoms with Crippen LogP contribution in [-0.2, 0) is 17.6 Å². The molecule has 1 aliphatic carbocycles. The predicted molar refractivity (Wildman–Crippen MR) is 124 cm³/mol. The monoisotopic (exact) mass is 424 g/mol. The molecule has 30 heavy (non-hydrogen) atoms. The van der Waals surface area contributed by atoms with Crippen molar-refractivity contribution in [3.63, 3.8) is 0 Å².